The molecular formula is C22H25N7O5. The van der Waals surface area contributed by atoms with Crippen LogP contribution < -0.4 is 27.6 Å². The number of hydrogen-bond donors (Lipinski definition) is 3. The molecule has 0 atom stereocenters. The van der Waals surface area contributed by atoms with Gasteiger partial charge in [-0.25, -0.2) is 19.6 Å². The summed E-state index contributed by atoms with van der Waals surface area (Å²) < 4.78 is 6.22. The van der Waals surface area contributed by atoms with Gasteiger partial charge in [0.05, 0.1) is 6.54 Å². The Bertz CT molecular complexity index is 1300. The van der Waals surface area contributed by atoms with Crippen molar-refractivity contribution in [3.05, 3.63) is 74.8 Å². The third-order valence-electron chi connectivity index (χ3n) is 4.76. The van der Waals surface area contributed by atoms with E-state index in [1.54, 1.807) is 24.3 Å². The maximum Gasteiger partial charge on any atom is 0.361 e. The van der Waals surface area contributed by atoms with Crippen LogP contribution in [0.15, 0.2) is 52.3 Å². The second-order valence-electron chi connectivity index (χ2n) is 7.83. The molecule has 0 spiro atoms. The molecule has 0 aliphatic heterocycles. The average Bonchev–Trinajstić information content (AvgIpc) is 2.80. The lowest BCUT2D eigenvalue weighted by Crippen LogP contribution is -2.44. The molecule has 2 aromatic heterocycles. The molecule has 3 aromatic rings. The maximum absolute atomic E-state index is 13.0. The molecule has 0 aliphatic carbocycles. The van der Waals surface area contributed by atoms with Crippen LogP contribution in [-0.2, 0) is 16.1 Å². The van der Waals surface area contributed by atoms with Crippen molar-refractivity contribution in [1.29, 1.82) is 0 Å². The van der Waals surface area contributed by atoms with Crippen LogP contribution in [0.25, 0.3) is 0 Å². The van der Waals surface area contributed by atoms with E-state index in [4.69, 9.17) is 16.2 Å². The largest absolute Gasteiger partial charge is 0.451 e. The van der Waals surface area contributed by atoms with Crippen molar-refractivity contribution in [2.45, 2.75) is 20.4 Å². The first-order valence-electron chi connectivity index (χ1n) is 10.4. The van der Waals surface area contributed by atoms with Gasteiger partial charge < -0.3 is 21.1 Å². The van der Waals surface area contributed by atoms with Crippen molar-refractivity contribution in [1.82, 2.24) is 19.5 Å². The summed E-state index contributed by atoms with van der Waals surface area (Å²) in [6, 6.07) is 9.02. The first kappa shape index (κ1) is 24.2. The molecule has 5 N–H and O–H groups in total. The molecule has 1 aromatic carbocycles. The number of carbonyl (C=O) groups excluding carboxylic acids is 2. The number of ether oxygens (including phenoxy) is 1. The number of hydrogen-bond acceptors (Lipinski definition) is 9. The van der Waals surface area contributed by atoms with Crippen LogP contribution in [0.4, 0.5) is 17.3 Å². The molecule has 0 aliphatic rings. The summed E-state index contributed by atoms with van der Waals surface area (Å²) in [6.45, 7) is 3.12. The number of carbonyl (C=O) groups is 2. The van der Waals surface area contributed by atoms with Crippen LogP contribution in [-0.4, -0.2) is 44.5 Å². The number of nitrogens with two attached hydrogens (primary N) is 2. The highest BCUT2D eigenvalue weighted by Gasteiger charge is 2.26. The van der Waals surface area contributed by atoms with Crippen molar-refractivity contribution in [2.24, 2.45) is 5.92 Å². The number of anilines is 3. The monoisotopic (exact) mass is 467 g/mol. The molecular weight excluding hydrogens is 442 g/mol. The van der Waals surface area contributed by atoms with E-state index in [9.17, 15) is 19.2 Å². The van der Waals surface area contributed by atoms with Gasteiger partial charge in [0.2, 0.25) is 0 Å². The standard InChI is InChI=1S/C22H25N7O5/c1-13(2)10-28(15(30)12-34-21(32)16-18(23)26-9-8-25-16)17-19(24)29(22(33)27-20(17)31)11-14-6-4-3-5-7-14/h3-9,13H,10-12,24H2,1-2H3,(H2,23,26)(H,27,31,33). The topological polar surface area (TPSA) is 179 Å². The van der Waals surface area contributed by atoms with Crippen LogP contribution in [0.1, 0.15) is 29.9 Å². The Hall–Kier alpha value is -4.48. The molecule has 1 amide bonds. The number of amides is 1. The smallest absolute Gasteiger partial charge is 0.361 e. The Labute approximate surface area is 194 Å². The van der Waals surface area contributed by atoms with E-state index in [2.05, 4.69) is 15.0 Å². The minimum atomic E-state index is -0.945. The Morgan fingerprint density at radius 1 is 1.12 bits per heavy atom. The van der Waals surface area contributed by atoms with Crippen LogP contribution in [0.2, 0.25) is 0 Å². The molecule has 12 nitrogen and oxygen atoms in total. The lowest BCUT2D eigenvalue weighted by atomic mass is 10.2. The Balaban J connectivity index is 1.92. The molecule has 2 heterocycles. The van der Waals surface area contributed by atoms with Crippen LogP contribution in [0.5, 0.6) is 0 Å². The van der Waals surface area contributed by atoms with E-state index < -0.39 is 29.7 Å². The van der Waals surface area contributed by atoms with Gasteiger partial charge in [-0.3, -0.25) is 19.1 Å². The first-order chi connectivity index (χ1) is 16.2. The van der Waals surface area contributed by atoms with Crippen LogP contribution >= 0.6 is 0 Å². The fourth-order valence-electron chi connectivity index (χ4n) is 3.22. The van der Waals surface area contributed by atoms with Crippen LogP contribution in [0.3, 0.4) is 0 Å². The van der Waals surface area contributed by atoms with Gasteiger partial charge in [-0.05, 0) is 11.5 Å². The van der Waals surface area contributed by atoms with Crippen molar-refractivity contribution in [2.75, 3.05) is 29.5 Å². The quantitative estimate of drug-likeness (QED) is 0.395. The summed E-state index contributed by atoms with van der Waals surface area (Å²) >= 11 is 0. The molecule has 0 saturated carbocycles. The second-order valence-corrected chi connectivity index (χ2v) is 7.83. The minimum absolute atomic E-state index is 0.0800. The molecule has 12 heteroatoms. The molecule has 0 fully saturated rings. The molecule has 3 rings (SSSR count). The molecule has 0 radical (unpaired) electrons. The lowest BCUT2D eigenvalue weighted by molar-refractivity contribution is -0.121. The molecule has 0 bridgehead atoms. The van der Waals surface area contributed by atoms with Gasteiger partial charge in [-0.15, -0.1) is 0 Å². The van der Waals surface area contributed by atoms with Crippen molar-refractivity contribution >= 4 is 29.2 Å². The summed E-state index contributed by atoms with van der Waals surface area (Å²) in [5.74, 6) is -2.07. The molecule has 0 unspecified atom stereocenters. The molecule has 0 saturated heterocycles. The van der Waals surface area contributed by atoms with Crippen molar-refractivity contribution in [3.8, 4) is 0 Å². The summed E-state index contributed by atoms with van der Waals surface area (Å²) in [6.07, 6.45) is 2.57. The molecule has 178 valence electrons. The predicted molar refractivity (Wildman–Crippen MR) is 125 cm³/mol. The van der Waals surface area contributed by atoms with E-state index >= 15 is 0 Å². The van der Waals surface area contributed by atoms with Gasteiger partial charge in [0.15, 0.2) is 23.8 Å². The molecule has 34 heavy (non-hydrogen) atoms. The number of aromatic amines is 1. The number of nitrogens with zero attached hydrogens (tertiary/aromatic N) is 4. The SMILES string of the molecule is CC(C)CN(C(=O)COC(=O)c1nccnc1N)c1c(N)n(Cc2ccccc2)c(=O)[nH]c1=O. The van der Waals surface area contributed by atoms with Gasteiger partial charge in [0.1, 0.15) is 5.82 Å². The Morgan fingerprint density at radius 2 is 1.79 bits per heavy atom. The fourth-order valence-corrected chi connectivity index (χ4v) is 3.22. The summed E-state index contributed by atoms with van der Waals surface area (Å²) in [7, 11) is 0. The summed E-state index contributed by atoms with van der Waals surface area (Å²) in [4.78, 5) is 61.4. The number of aromatic nitrogens is 4. The summed E-state index contributed by atoms with van der Waals surface area (Å²) in [5, 5.41) is 0. The number of nitrogen functional groups attached to an aromatic ring is 2. The van der Waals surface area contributed by atoms with Gasteiger partial charge in [-0.1, -0.05) is 44.2 Å². The third-order valence-corrected chi connectivity index (χ3v) is 4.76. The summed E-state index contributed by atoms with van der Waals surface area (Å²) in [5.41, 5.74) is 10.6. The third kappa shape index (κ3) is 5.46. The first-order valence-corrected chi connectivity index (χ1v) is 10.4. The predicted octanol–water partition coefficient (Wildman–Crippen LogP) is 0.385. The van der Waals surface area contributed by atoms with Gasteiger partial charge in [0.25, 0.3) is 11.5 Å². The number of H-pyrrole nitrogens is 1. The van der Waals surface area contributed by atoms with Gasteiger partial charge >= 0.3 is 11.7 Å². The van der Waals surface area contributed by atoms with E-state index in [0.717, 1.165) is 10.5 Å². The van der Waals surface area contributed by atoms with E-state index in [1.807, 2.05) is 19.9 Å². The van der Waals surface area contributed by atoms with Crippen molar-refractivity contribution < 1.29 is 14.3 Å². The number of benzene rings is 1. The Kier molecular flexibility index (Phi) is 7.41. The van der Waals surface area contributed by atoms with Gasteiger partial charge in [-0.2, -0.15) is 0 Å². The normalized spacial score (nSPS) is 10.8. The highest BCUT2D eigenvalue weighted by molar-refractivity contribution is 5.99. The van der Waals surface area contributed by atoms with E-state index in [-0.39, 0.29) is 42.0 Å². The second kappa shape index (κ2) is 10.4. The Morgan fingerprint density at radius 3 is 2.44 bits per heavy atom. The van der Waals surface area contributed by atoms with Crippen molar-refractivity contribution in [3.63, 3.8) is 0 Å². The number of rotatable bonds is 8. The van der Waals surface area contributed by atoms with Gasteiger partial charge in [0, 0.05) is 18.9 Å². The zero-order valence-corrected chi connectivity index (χ0v) is 18.7. The van der Waals surface area contributed by atoms with E-state index in [1.165, 1.54) is 17.0 Å². The average molecular weight is 467 g/mol. The minimum Gasteiger partial charge on any atom is -0.451 e. The van der Waals surface area contributed by atoms with E-state index in [0.29, 0.717) is 0 Å². The zero-order chi connectivity index (χ0) is 24.8. The highest BCUT2D eigenvalue weighted by Crippen LogP contribution is 2.20. The highest BCUT2D eigenvalue weighted by atomic mass is 16.5. The fraction of sp³-hybridized carbons (Fsp3) is 0.273. The lowest BCUT2D eigenvalue weighted by Gasteiger charge is -2.26. The maximum atomic E-state index is 13.0. The number of esters is 1. The number of nitrogens with one attached hydrogen (secondary N) is 1. The zero-order valence-electron chi connectivity index (χ0n) is 18.7. The van der Waals surface area contributed by atoms with Crippen LogP contribution in [0, 0.1) is 5.92 Å².